The molecule has 1 fully saturated rings. The van der Waals surface area contributed by atoms with Crippen LogP contribution in [-0.4, -0.2) is 55.4 Å². The summed E-state index contributed by atoms with van der Waals surface area (Å²) in [5, 5.41) is 0. The van der Waals surface area contributed by atoms with Gasteiger partial charge in [0.25, 0.3) is 5.91 Å². The smallest absolute Gasteiger partial charge is 0.278 e. The molecule has 1 unspecified atom stereocenters. The monoisotopic (exact) mass is 386 g/mol. The molecule has 8 heteroatoms. The normalized spacial score (nSPS) is 20.9. The fraction of sp³-hybridized carbons (Fsp3) is 0.421. The van der Waals surface area contributed by atoms with Crippen LogP contribution in [0.1, 0.15) is 28.9 Å². The fourth-order valence-corrected chi connectivity index (χ4v) is 5.54. The van der Waals surface area contributed by atoms with Crippen molar-refractivity contribution < 1.29 is 13.2 Å². The van der Waals surface area contributed by atoms with Gasteiger partial charge in [-0.15, -0.1) is 0 Å². The Labute approximate surface area is 159 Å². The number of aromatic nitrogens is 2. The van der Waals surface area contributed by atoms with Crippen molar-refractivity contribution in [3.8, 4) is 0 Å². The van der Waals surface area contributed by atoms with E-state index in [1.54, 1.807) is 11.1 Å². The standard InChI is InChI=1S/C19H22N4O3S/c1-22(15-8-10-27(25,26)13-15)18-12-20-16(11-21-18)19(24)23-9-4-6-14-5-2-3-7-17(14)23/h2-3,5,7,11-12,15H,4,6,8-10,13H2,1H3. The predicted octanol–water partition coefficient (Wildman–Crippen LogP) is 1.69. The molecular formula is C19H22N4O3S. The molecular weight excluding hydrogens is 364 g/mol. The molecule has 1 aromatic heterocycles. The molecule has 2 aromatic rings. The Morgan fingerprint density at radius 1 is 1.22 bits per heavy atom. The van der Waals surface area contributed by atoms with E-state index >= 15 is 0 Å². The van der Waals surface area contributed by atoms with Gasteiger partial charge in [-0.1, -0.05) is 18.2 Å². The van der Waals surface area contributed by atoms with E-state index in [1.165, 1.54) is 11.8 Å². The molecule has 4 rings (SSSR count). The minimum Gasteiger partial charge on any atom is -0.354 e. The zero-order valence-electron chi connectivity index (χ0n) is 15.2. The Balaban J connectivity index is 1.52. The van der Waals surface area contributed by atoms with Crippen molar-refractivity contribution in [2.24, 2.45) is 0 Å². The van der Waals surface area contributed by atoms with Crippen LogP contribution < -0.4 is 9.80 Å². The molecule has 0 spiro atoms. The average Bonchev–Trinajstić information content (AvgIpc) is 3.06. The van der Waals surface area contributed by atoms with Crippen molar-refractivity contribution in [2.75, 3.05) is 34.9 Å². The van der Waals surface area contributed by atoms with Crippen LogP contribution in [0.3, 0.4) is 0 Å². The zero-order chi connectivity index (χ0) is 19.0. The third-order valence-electron chi connectivity index (χ3n) is 5.33. The maximum Gasteiger partial charge on any atom is 0.278 e. The number of sulfone groups is 1. The number of hydrogen-bond donors (Lipinski definition) is 0. The number of para-hydroxylation sites is 1. The van der Waals surface area contributed by atoms with Gasteiger partial charge in [-0.2, -0.15) is 0 Å². The van der Waals surface area contributed by atoms with E-state index in [4.69, 9.17) is 0 Å². The number of fused-ring (bicyclic) bond motifs is 1. The van der Waals surface area contributed by atoms with Crippen LogP contribution in [0.15, 0.2) is 36.7 Å². The average molecular weight is 386 g/mol. The lowest BCUT2D eigenvalue weighted by Crippen LogP contribution is -2.36. The first-order valence-corrected chi connectivity index (χ1v) is 10.9. The van der Waals surface area contributed by atoms with Crippen LogP contribution in [-0.2, 0) is 16.3 Å². The molecule has 1 amide bonds. The van der Waals surface area contributed by atoms with Crippen molar-refractivity contribution in [3.05, 3.63) is 47.9 Å². The maximum atomic E-state index is 12.9. The maximum absolute atomic E-state index is 12.9. The van der Waals surface area contributed by atoms with Crippen LogP contribution in [0.5, 0.6) is 0 Å². The summed E-state index contributed by atoms with van der Waals surface area (Å²) < 4.78 is 23.4. The SMILES string of the molecule is CN(c1cnc(C(=O)N2CCCc3ccccc32)cn1)C1CCS(=O)(=O)C1. The first kappa shape index (κ1) is 17.9. The molecule has 0 saturated carbocycles. The number of anilines is 2. The fourth-order valence-electron chi connectivity index (χ4n) is 3.76. The van der Waals surface area contributed by atoms with E-state index in [9.17, 15) is 13.2 Å². The molecule has 142 valence electrons. The molecule has 0 aliphatic carbocycles. The summed E-state index contributed by atoms with van der Waals surface area (Å²) in [4.78, 5) is 25.2. The highest BCUT2D eigenvalue weighted by Gasteiger charge is 2.31. The van der Waals surface area contributed by atoms with Gasteiger partial charge in [0.15, 0.2) is 9.84 Å². The highest BCUT2D eigenvalue weighted by atomic mass is 32.2. The van der Waals surface area contributed by atoms with Gasteiger partial charge in [0, 0.05) is 25.3 Å². The molecule has 27 heavy (non-hydrogen) atoms. The first-order chi connectivity index (χ1) is 12.9. The highest BCUT2D eigenvalue weighted by molar-refractivity contribution is 7.91. The second-order valence-electron chi connectivity index (χ2n) is 7.12. The Morgan fingerprint density at radius 3 is 2.74 bits per heavy atom. The lowest BCUT2D eigenvalue weighted by molar-refractivity contribution is 0.0980. The number of nitrogens with zero attached hydrogens (tertiary/aromatic N) is 4. The van der Waals surface area contributed by atoms with Gasteiger partial charge >= 0.3 is 0 Å². The molecule has 2 aliphatic rings. The van der Waals surface area contributed by atoms with Crippen molar-refractivity contribution in [2.45, 2.75) is 25.3 Å². The Hall–Kier alpha value is -2.48. The molecule has 0 bridgehead atoms. The highest BCUT2D eigenvalue weighted by Crippen LogP contribution is 2.28. The number of carbonyl (C=O) groups excluding carboxylic acids is 1. The van der Waals surface area contributed by atoms with Gasteiger partial charge in [-0.3, -0.25) is 4.79 Å². The summed E-state index contributed by atoms with van der Waals surface area (Å²) in [6.07, 6.45) is 5.52. The number of hydrogen-bond acceptors (Lipinski definition) is 6. The Morgan fingerprint density at radius 2 is 2.04 bits per heavy atom. The van der Waals surface area contributed by atoms with Crippen LogP contribution >= 0.6 is 0 Å². The zero-order valence-corrected chi connectivity index (χ0v) is 16.0. The first-order valence-electron chi connectivity index (χ1n) is 9.10. The third kappa shape index (κ3) is 3.53. The quantitative estimate of drug-likeness (QED) is 0.798. The van der Waals surface area contributed by atoms with Crippen LogP contribution in [0.2, 0.25) is 0 Å². The van der Waals surface area contributed by atoms with Gasteiger partial charge in [-0.25, -0.2) is 18.4 Å². The van der Waals surface area contributed by atoms with Gasteiger partial charge in [0.2, 0.25) is 0 Å². The summed E-state index contributed by atoms with van der Waals surface area (Å²) in [5.41, 5.74) is 2.40. The van der Waals surface area contributed by atoms with Crippen LogP contribution in [0, 0.1) is 0 Å². The number of carbonyl (C=O) groups is 1. The molecule has 3 heterocycles. The van der Waals surface area contributed by atoms with Crippen LogP contribution in [0.4, 0.5) is 11.5 Å². The second-order valence-corrected chi connectivity index (χ2v) is 9.35. The minimum atomic E-state index is -2.96. The van der Waals surface area contributed by atoms with Crippen LogP contribution in [0.25, 0.3) is 0 Å². The summed E-state index contributed by atoms with van der Waals surface area (Å²) in [7, 11) is -1.15. The van der Waals surface area contributed by atoms with E-state index in [2.05, 4.69) is 9.97 Å². The minimum absolute atomic E-state index is 0.0974. The second kappa shape index (κ2) is 6.92. The molecule has 2 aliphatic heterocycles. The third-order valence-corrected chi connectivity index (χ3v) is 7.08. The lowest BCUT2D eigenvalue weighted by Gasteiger charge is -2.29. The summed E-state index contributed by atoms with van der Waals surface area (Å²) in [6.45, 7) is 0.666. The van der Waals surface area contributed by atoms with Crippen molar-refractivity contribution in [3.63, 3.8) is 0 Å². The van der Waals surface area contributed by atoms with Crippen molar-refractivity contribution >= 4 is 27.2 Å². The van der Waals surface area contributed by atoms with Gasteiger partial charge in [0.05, 0.1) is 23.9 Å². The predicted molar refractivity (Wildman–Crippen MR) is 104 cm³/mol. The Bertz CT molecular complexity index is 959. The van der Waals surface area contributed by atoms with E-state index in [1.807, 2.05) is 36.2 Å². The Kier molecular flexibility index (Phi) is 4.59. The van der Waals surface area contributed by atoms with Gasteiger partial charge in [0.1, 0.15) is 11.5 Å². The summed E-state index contributed by atoms with van der Waals surface area (Å²) in [5.74, 6) is 0.761. The van der Waals surface area contributed by atoms with Gasteiger partial charge in [-0.05, 0) is 30.9 Å². The molecule has 0 radical (unpaired) electrons. The molecule has 7 nitrogen and oxygen atoms in total. The number of amides is 1. The van der Waals surface area contributed by atoms with E-state index in [0.29, 0.717) is 24.5 Å². The van der Waals surface area contributed by atoms with Crippen molar-refractivity contribution in [1.82, 2.24) is 9.97 Å². The lowest BCUT2D eigenvalue weighted by atomic mass is 10.0. The summed E-state index contributed by atoms with van der Waals surface area (Å²) >= 11 is 0. The number of aryl methyl sites for hydroxylation is 1. The molecule has 1 atom stereocenters. The molecule has 0 N–H and O–H groups in total. The molecule has 1 saturated heterocycles. The van der Waals surface area contributed by atoms with Crippen molar-refractivity contribution in [1.29, 1.82) is 0 Å². The number of benzene rings is 1. The molecule has 1 aromatic carbocycles. The van der Waals surface area contributed by atoms with E-state index < -0.39 is 9.84 Å². The van der Waals surface area contributed by atoms with E-state index in [-0.39, 0.29) is 23.5 Å². The number of rotatable bonds is 3. The van der Waals surface area contributed by atoms with E-state index in [0.717, 1.165) is 18.5 Å². The van der Waals surface area contributed by atoms with Gasteiger partial charge < -0.3 is 9.80 Å². The topological polar surface area (TPSA) is 83.5 Å². The summed E-state index contributed by atoms with van der Waals surface area (Å²) in [6, 6.07) is 7.83. The largest absolute Gasteiger partial charge is 0.354 e.